The van der Waals surface area contributed by atoms with Gasteiger partial charge in [-0.25, -0.2) is 0 Å². The Morgan fingerprint density at radius 2 is 1.87 bits per heavy atom. The molecule has 2 heteroatoms. The molecule has 1 aromatic carbocycles. The molecule has 0 fully saturated rings. The van der Waals surface area contributed by atoms with Crippen LogP contribution in [0.3, 0.4) is 0 Å². The van der Waals surface area contributed by atoms with E-state index in [0.29, 0.717) is 6.42 Å². The van der Waals surface area contributed by atoms with Gasteiger partial charge in [-0.15, -0.1) is 0 Å². The van der Waals surface area contributed by atoms with Crippen molar-refractivity contribution in [1.82, 2.24) is 0 Å². The minimum Gasteiger partial charge on any atom is -0.396 e. The van der Waals surface area contributed by atoms with Gasteiger partial charge in [0.2, 0.25) is 0 Å². The van der Waals surface area contributed by atoms with Crippen LogP contribution in [0.2, 0.25) is 0 Å². The molecule has 0 saturated heterocycles. The molecule has 1 aromatic rings. The second-order valence-corrected chi connectivity index (χ2v) is 4.18. The average molecular weight is 204 g/mol. The molecule has 80 valence electrons. The maximum Gasteiger partial charge on any atom is 0.0829 e. The Hall–Kier alpha value is -1.12. The molecule has 0 radical (unpaired) electrons. The SMILES string of the molecule is C=C1C[C@@H](CO)c2ccccc2[C@@H](O)C1. The topological polar surface area (TPSA) is 40.5 Å². The predicted molar refractivity (Wildman–Crippen MR) is 59.6 cm³/mol. The Labute approximate surface area is 89.9 Å². The summed E-state index contributed by atoms with van der Waals surface area (Å²) >= 11 is 0. The zero-order chi connectivity index (χ0) is 10.8. The van der Waals surface area contributed by atoms with Crippen molar-refractivity contribution in [3.63, 3.8) is 0 Å². The Morgan fingerprint density at radius 3 is 2.53 bits per heavy atom. The van der Waals surface area contributed by atoms with Crippen LogP contribution < -0.4 is 0 Å². The van der Waals surface area contributed by atoms with Crippen molar-refractivity contribution in [2.75, 3.05) is 6.61 Å². The van der Waals surface area contributed by atoms with E-state index in [1.54, 1.807) is 0 Å². The molecule has 0 saturated carbocycles. The van der Waals surface area contributed by atoms with Gasteiger partial charge in [0, 0.05) is 5.92 Å². The molecule has 0 amide bonds. The summed E-state index contributed by atoms with van der Waals surface area (Å²) in [5.41, 5.74) is 3.01. The second kappa shape index (κ2) is 4.17. The van der Waals surface area contributed by atoms with Crippen LogP contribution in [-0.4, -0.2) is 16.8 Å². The van der Waals surface area contributed by atoms with E-state index in [1.807, 2.05) is 24.3 Å². The Kier molecular flexibility index (Phi) is 2.89. The van der Waals surface area contributed by atoms with Crippen molar-refractivity contribution in [3.8, 4) is 0 Å². The van der Waals surface area contributed by atoms with Gasteiger partial charge in [0.1, 0.15) is 0 Å². The molecule has 15 heavy (non-hydrogen) atoms. The Bertz CT molecular complexity index is 371. The molecule has 2 atom stereocenters. The van der Waals surface area contributed by atoms with E-state index in [9.17, 15) is 10.2 Å². The van der Waals surface area contributed by atoms with Gasteiger partial charge in [0.15, 0.2) is 0 Å². The fraction of sp³-hybridized carbons (Fsp3) is 0.385. The van der Waals surface area contributed by atoms with Gasteiger partial charge >= 0.3 is 0 Å². The maximum absolute atomic E-state index is 9.98. The molecular formula is C13H16O2. The molecule has 0 aliphatic heterocycles. The van der Waals surface area contributed by atoms with Crippen molar-refractivity contribution in [2.24, 2.45) is 0 Å². The lowest BCUT2D eigenvalue weighted by molar-refractivity contribution is 0.179. The van der Waals surface area contributed by atoms with E-state index in [4.69, 9.17) is 0 Å². The first kappa shape index (κ1) is 10.4. The normalized spacial score (nSPS) is 25.9. The fourth-order valence-electron chi connectivity index (χ4n) is 2.27. The molecule has 0 bridgehead atoms. The third kappa shape index (κ3) is 1.96. The summed E-state index contributed by atoms with van der Waals surface area (Å²) in [5.74, 6) is 0.0887. The van der Waals surface area contributed by atoms with Crippen molar-refractivity contribution >= 4 is 0 Å². The zero-order valence-corrected chi connectivity index (χ0v) is 8.69. The van der Waals surface area contributed by atoms with Gasteiger partial charge in [-0.3, -0.25) is 0 Å². The first-order valence-electron chi connectivity index (χ1n) is 5.26. The summed E-state index contributed by atoms with van der Waals surface area (Å²) in [7, 11) is 0. The molecule has 0 heterocycles. The van der Waals surface area contributed by atoms with Crippen molar-refractivity contribution in [2.45, 2.75) is 24.9 Å². The van der Waals surface area contributed by atoms with Crippen LogP contribution in [0, 0.1) is 0 Å². The van der Waals surface area contributed by atoms with Crippen LogP contribution in [0.15, 0.2) is 36.4 Å². The van der Waals surface area contributed by atoms with Gasteiger partial charge < -0.3 is 10.2 Å². The number of fused-ring (bicyclic) bond motifs is 1. The van der Waals surface area contributed by atoms with Crippen LogP contribution in [0.5, 0.6) is 0 Å². The lowest BCUT2D eigenvalue weighted by Gasteiger charge is -2.15. The van der Waals surface area contributed by atoms with Crippen LogP contribution in [0.25, 0.3) is 0 Å². The first-order chi connectivity index (χ1) is 7.22. The smallest absolute Gasteiger partial charge is 0.0829 e. The van der Waals surface area contributed by atoms with Gasteiger partial charge in [0.05, 0.1) is 12.7 Å². The lowest BCUT2D eigenvalue weighted by Crippen LogP contribution is -2.05. The molecular weight excluding hydrogens is 188 g/mol. The molecule has 1 aliphatic carbocycles. The Balaban J connectivity index is 2.46. The minimum atomic E-state index is -0.467. The van der Waals surface area contributed by atoms with Crippen LogP contribution >= 0.6 is 0 Å². The van der Waals surface area contributed by atoms with Gasteiger partial charge in [-0.1, -0.05) is 36.4 Å². The molecule has 2 N–H and O–H groups in total. The molecule has 0 aromatic heterocycles. The zero-order valence-electron chi connectivity index (χ0n) is 8.69. The van der Waals surface area contributed by atoms with E-state index in [-0.39, 0.29) is 12.5 Å². The molecule has 0 unspecified atom stereocenters. The summed E-state index contributed by atoms with van der Waals surface area (Å²) in [6.07, 6.45) is 0.906. The van der Waals surface area contributed by atoms with Gasteiger partial charge in [0.25, 0.3) is 0 Å². The number of aliphatic hydroxyl groups excluding tert-OH is 2. The maximum atomic E-state index is 9.98. The second-order valence-electron chi connectivity index (χ2n) is 4.18. The largest absolute Gasteiger partial charge is 0.396 e. The third-order valence-electron chi connectivity index (χ3n) is 3.03. The highest BCUT2D eigenvalue weighted by Crippen LogP contribution is 2.37. The molecule has 2 nitrogen and oxygen atoms in total. The van der Waals surface area contributed by atoms with E-state index in [1.165, 1.54) is 0 Å². The van der Waals surface area contributed by atoms with E-state index < -0.39 is 6.10 Å². The minimum absolute atomic E-state index is 0.0887. The summed E-state index contributed by atoms with van der Waals surface area (Å²) in [6.45, 7) is 4.05. The van der Waals surface area contributed by atoms with Crippen LogP contribution in [0.1, 0.15) is 36.0 Å². The highest BCUT2D eigenvalue weighted by Gasteiger charge is 2.24. The number of hydrogen-bond acceptors (Lipinski definition) is 2. The summed E-state index contributed by atoms with van der Waals surface area (Å²) in [6, 6.07) is 7.78. The van der Waals surface area contributed by atoms with Gasteiger partial charge in [-0.2, -0.15) is 0 Å². The van der Waals surface area contributed by atoms with Crippen LogP contribution in [0.4, 0.5) is 0 Å². The lowest BCUT2D eigenvalue weighted by atomic mass is 9.92. The number of rotatable bonds is 1. The number of hydrogen-bond donors (Lipinski definition) is 2. The van der Waals surface area contributed by atoms with Crippen molar-refractivity contribution in [1.29, 1.82) is 0 Å². The number of benzene rings is 1. The van der Waals surface area contributed by atoms with Gasteiger partial charge in [-0.05, 0) is 24.0 Å². The molecule has 1 aliphatic rings. The van der Waals surface area contributed by atoms with E-state index >= 15 is 0 Å². The van der Waals surface area contributed by atoms with E-state index in [2.05, 4.69) is 6.58 Å². The first-order valence-corrected chi connectivity index (χ1v) is 5.26. The third-order valence-corrected chi connectivity index (χ3v) is 3.03. The van der Waals surface area contributed by atoms with E-state index in [0.717, 1.165) is 23.1 Å². The number of aliphatic hydroxyl groups is 2. The highest BCUT2D eigenvalue weighted by atomic mass is 16.3. The summed E-state index contributed by atoms with van der Waals surface area (Å²) < 4.78 is 0. The summed E-state index contributed by atoms with van der Waals surface area (Å²) in [5, 5.41) is 19.3. The standard InChI is InChI=1S/C13H16O2/c1-9-6-10(8-14)11-4-2-3-5-12(11)13(15)7-9/h2-5,10,13-15H,1,6-8H2/t10-,13-/m0/s1. The monoisotopic (exact) mass is 204 g/mol. The molecule has 2 rings (SSSR count). The molecule has 0 spiro atoms. The Morgan fingerprint density at radius 1 is 1.20 bits per heavy atom. The highest BCUT2D eigenvalue weighted by molar-refractivity contribution is 5.35. The predicted octanol–water partition coefficient (Wildman–Crippen LogP) is 2.15. The summed E-state index contributed by atoms with van der Waals surface area (Å²) in [4.78, 5) is 0. The quantitative estimate of drug-likeness (QED) is 0.543. The van der Waals surface area contributed by atoms with Crippen molar-refractivity contribution < 1.29 is 10.2 Å². The van der Waals surface area contributed by atoms with Crippen LogP contribution in [-0.2, 0) is 0 Å². The van der Waals surface area contributed by atoms with Crippen molar-refractivity contribution in [3.05, 3.63) is 47.5 Å². The fourth-order valence-corrected chi connectivity index (χ4v) is 2.27. The average Bonchev–Trinajstić information content (AvgIpc) is 2.36.